The van der Waals surface area contributed by atoms with E-state index in [9.17, 15) is 13.2 Å². The summed E-state index contributed by atoms with van der Waals surface area (Å²) in [7, 11) is -3.76. The van der Waals surface area contributed by atoms with E-state index in [2.05, 4.69) is 48.3 Å². The molecular formula is C33H41N5O4S2. The molecule has 3 heterocycles. The predicted molar refractivity (Wildman–Crippen MR) is 172 cm³/mol. The fourth-order valence-electron chi connectivity index (χ4n) is 8.62. The Kier molecular flexibility index (Phi) is 8.13. The zero-order valence-electron chi connectivity index (χ0n) is 25.3. The van der Waals surface area contributed by atoms with Gasteiger partial charge in [-0.1, -0.05) is 12.1 Å². The molecule has 0 atom stereocenters. The fraction of sp³-hybridized carbons (Fsp3) is 0.545. The van der Waals surface area contributed by atoms with Crippen LogP contribution >= 0.6 is 11.3 Å². The molecule has 4 aliphatic carbocycles. The van der Waals surface area contributed by atoms with Crippen molar-refractivity contribution in [3.8, 4) is 16.9 Å². The summed E-state index contributed by atoms with van der Waals surface area (Å²) in [5.74, 6) is 2.91. The van der Waals surface area contributed by atoms with E-state index in [-0.39, 0.29) is 16.9 Å². The number of benzene rings is 1. The molecule has 8 rings (SSSR count). The van der Waals surface area contributed by atoms with Gasteiger partial charge in [-0.15, -0.1) is 21.5 Å². The van der Waals surface area contributed by atoms with Gasteiger partial charge >= 0.3 is 0 Å². The molecule has 1 amide bonds. The molecule has 4 bridgehead atoms. The van der Waals surface area contributed by atoms with Gasteiger partial charge in [-0.3, -0.25) is 9.69 Å². The Morgan fingerprint density at radius 1 is 0.977 bits per heavy atom. The summed E-state index contributed by atoms with van der Waals surface area (Å²) in [5, 5.41) is 10.6. The van der Waals surface area contributed by atoms with Crippen molar-refractivity contribution in [3.63, 3.8) is 0 Å². The van der Waals surface area contributed by atoms with Crippen molar-refractivity contribution in [2.45, 2.75) is 52.0 Å². The van der Waals surface area contributed by atoms with Gasteiger partial charge in [0, 0.05) is 37.6 Å². The molecule has 2 aromatic heterocycles. The first-order chi connectivity index (χ1) is 21.2. The average molecular weight is 636 g/mol. The quantitative estimate of drug-likeness (QED) is 0.324. The second-order valence-corrected chi connectivity index (χ2v) is 16.1. The van der Waals surface area contributed by atoms with Crippen molar-refractivity contribution < 1.29 is 17.9 Å². The molecule has 1 saturated heterocycles. The smallest absolute Gasteiger partial charge is 0.285 e. The van der Waals surface area contributed by atoms with E-state index in [0.29, 0.717) is 30.2 Å². The first kappa shape index (κ1) is 29.7. The number of hydrogen-bond donors (Lipinski definition) is 1. The molecule has 0 unspecified atom stereocenters. The number of amides is 1. The van der Waals surface area contributed by atoms with Crippen LogP contribution in [0.3, 0.4) is 0 Å². The Balaban J connectivity index is 0.903. The number of anilines is 1. The molecule has 0 spiro atoms. The highest BCUT2D eigenvalue weighted by atomic mass is 32.2. The van der Waals surface area contributed by atoms with E-state index in [1.165, 1.54) is 35.3 Å². The summed E-state index contributed by atoms with van der Waals surface area (Å²) in [4.78, 5) is 18.8. The lowest BCUT2D eigenvalue weighted by molar-refractivity contribution is -0.0391. The van der Waals surface area contributed by atoms with Gasteiger partial charge in [0.05, 0.1) is 12.4 Å². The molecule has 234 valence electrons. The summed E-state index contributed by atoms with van der Waals surface area (Å²) in [6.45, 7) is 6.92. The molecule has 1 N–H and O–H groups in total. The SMILES string of the molecule is CCOc1cccc(-c2csc(CN3CCN(c4ccc(C(=O)NS(=O)(=O)CC56CC7CC(CC(C7)C5)C6)nn4)CC3)c2)c1. The number of nitrogens with one attached hydrogen (secondary N) is 1. The van der Waals surface area contributed by atoms with Gasteiger partial charge in [0.15, 0.2) is 11.5 Å². The molecule has 5 fully saturated rings. The van der Waals surface area contributed by atoms with Gasteiger partial charge in [0.1, 0.15) is 5.75 Å². The number of thiophene rings is 1. The van der Waals surface area contributed by atoms with E-state index in [0.717, 1.165) is 57.7 Å². The van der Waals surface area contributed by atoms with Crippen molar-refractivity contribution in [1.82, 2.24) is 19.8 Å². The minimum absolute atomic E-state index is 0.0294. The third kappa shape index (κ3) is 6.50. The zero-order valence-corrected chi connectivity index (χ0v) is 26.9. The van der Waals surface area contributed by atoms with Crippen LogP contribution in [-0.2, 0) is 16.6 Å². The topological polar surface area (TPSA) is 105 Å². The number of carbonyl (C=O) groups excluding carboxylic acids is 1. The lowest BCUT2D eigenvalue weighted by Crippen LogP contribution is -2.51. The number of hydrogen-bond acceptors (Lipinski definition) is 9. The normalized spacial score (nSPS) is 26.6. The Bertz CT molecular complexity index is 1560. The van der Waals surface area contributed by atoms with Gasteiger partial charge in [-0.05, 0) is 115 Å². The second-order valence-electron chi connectivity index (χ2n) is 13.4. The van der Waals surface area contributed by atoms with Crippen molar-refractivity contribution in [3.05, 3.63) is 58.4 Å². The van der Waals surface area contributed by atoms with Crippen LogP contribution in [0.25, 0.3) is 11.1 Å². The van der Waals surface area contributed by atoms with Crippen LogP contribution in [0.1, 0.15) is 60.8 Å². The molecular weight excluding hydrogens is 595 g/mol. The third-order valence-corrected chi connectivity index (χ3v) is 12.4. The third-order valence-electron chi connectivity index (χ3n) is 10.0. The standard InChI is InChI=1S/C33H41N5O4S2/c1-2-42-28-5-3-4-26(15-28)27-16-29(43-21-27)20-37-8-10-38(11-9-37)31-7-6-30(34-35-31)32(39)36-44(40,41)22-33-17-23-12-24(18-33)14-25(13-23)19-33/h3-7,15-16,21,23-25H,2,8-14,17-20,22H2,1H3,(H,36,39). The van der Waals surface area contributed by atoms with Crippen LogP contribution in [0.4, 0.5) is 5.82 Å². The van der Waals surface area contributed by atoms with Crippen molar-refractivity contribution in [2.24, 2.45) is 23.2 Å². The van der Waals surface area contributed by atoms with Gasteiger partial charge < -0.3 is 9.64 Å². The van der Waals surface area contributed by atoms with E-state index >= 15 is 0 Å². The molecule has 5 aliphatic rings. The van der Waals surface area contributed by atoms with E-state index < -0.39 is 15.9 Å². The van der Waals surface area contributed by atoms with E-state index in [4.69, 9.17) is 4.74 Å². The molecule has 44 heavy (non-hydrogen) atoms. The Morgan fingerprint density at radius 2 is 1.70 bits per heavy atom. The summed E-state index contributed by atoms with van der Waals surface area (Å²) in [6.07, 6.45) is 6.70. The molecule has 1 aromatic carbocycles. The van der Waals surface area contributed by atoms with E-state index in [1.807, 2.05) is 19.1 Å². The van der Waals surface area contributed by atoms with E-state index in [1.54, 1.807) is 23.5 Å². The van der Waals surface area contributed by atoms with Gasteiger partial charge in [-0.2, -0.15) is 0 Å². The van der Waals surface area contributed by atoms with Crippen LogP contribution in [-0.4, -0.2) is 68.0 Å². The Morgan fingerprint density at radius 3 is 2.36 bits per heavy atom. The van der Waals surface area contributed by atoms with Crippen LogP contribution in [0.15, 0.2) is 47.8 Å². The number of sulfonamides is 1. The highest BCUT2D eigenvalue weighted by Gasteiger charge is 2.52. The number of rotatable bonds is 10. The summed E-state index contributed by atoms with van der Waals surface area (Å²) >= 11 is 1.78. The maximum atomic E-state index is 13.1. The fourth-order valence-corrected chi connectivity index (χ4v) is 11.2. The number of ether oxygens (including phenoxy) is 1. The van der Waals surface area contributed by atoms with Crippen LogP contribution in [0, 0.1) is 23.2 Å². The highest BCUT2D eigenvalue weighted by Crippen LogP contribution is 2.60. The Hall–Kier alpha value is -3.02. The lowest BCUT2D eigenvalue weighted by Gasteiger charge is -2.56. The second kappa shape index (κ2) is 12.1. The summed E-state index contributed by atoms with van der Waals surface area (Å²) < 4.78 is 34.1. The summed E-state index contributed by atoms with van der Waals surface area (Å²) in [6, 6.07) is 13.8. The van der Waals surface area contributed by atoms with Crippen LogP contribution in [0.2, 0.25) is 0 Å². The maximum absolute atomic E-state index is 13.1. The zero-order chi connectivity index (χ0) is 30.3. The molecule has 4 saturated carbocycles. The van der Waals surface area contributed by atoms with Gasteiger partial charge in [0.2, 0.25) is 10.0 Å². The molecule has 9 nitrogen and oxygen atoms in total. The maximum Gasteiger partial charge on any atom is 0.285 e. The molecule has 11 heteroatoms. The monoisotopic (exact) mass is 635 g/mol. The van der Waals surface area contributed by atoms with Crippen molar-refractivity contribution >= 4 is 33.1 Å². The lowest BCUT2D eigenvalue weighted by atomic mass is 9.50. The number of aromatic nitrogens is 2. The highest BCUT2D eigenvalue weighted by molar-refractivity contribution is 7.90. The first-order valence-corrected chi connectivity index (χ1v) is 18.4. The molecule has 3 aromatic rings. The van der Waals surface area contributed by atoms with Gasteiger partial charge in [0.25, 0.3) is 5.91 Å². The number of piperazine rings is 1. The average Bonchev–Trinajstić information content (AvgIpc) is 3.45. The minimum atomic E-state index is -3.76. The van der Waals surface area contributed by atoms with Crippen LogP contribution < -0.4 is 14.4 Å². The predicted octanol–water partition coefficient (Wildman–Crippen LogP) is 5.20. The first-order valence-electron chi connectivity index (χ1n) is 15.9. The van der Waals surface area contributed by atoms with Gasteiger partial charge in [-0.25, -0.2) is 13.1 Å². The molecule has 0 radical (unpaired) electrons. The number of carbonyl (C=O) groups is 1. The van der Waals surface area contributed by atoms with Crippen molar-refractivity contribution in [1.29, 1.82) is 0 Å². The largest absolute Gasteiger partial charge is 0.494 e. The Labute approximate surface area is 264 Å². The van der Waals surface area contributed by atoms with Crippen LogP contribution in [0.5, 0.6) is 5.75 Å². The minimum Gasteiger partial charge on any atom is -0.494 e. The number of nitrogens with zero attached hydrogens (tertiary/aromatic N) is 4. The van der Waals surface area contributed by atoms with Crippen molar-refractivity contribution in [2.75, 3.05) is 43.4 Å². The molecule has 1 aliphatic heterocycles. The summed E-state index contributed by atoms with van der Waals surface area (Å²) in [5.41, 5.74) is 2.24.